The van der Waals surface area contributed by atoms with Crippen LogP contribution in [-0.4, -0.2) is 22.2 Å². The van der Waals surface area contributed by atoms with Gasteiger partial charge in [0.25, 0.3) is 0 Å². The molecule has 4 aromatic rings. The fraction of sp³-hybridized carbons (Fsp3) is 0.653. The summed E-state index contributed by atoms with van der Waals surface area (Å²) in [6.45, 7) is 17.5. The molecular formula is C75H116O6. The van der Waals surface area contributed by atoms with E-state index in [0.717, 1.165) is 95.9 Å². The van der Waals surface area contributed by atoms with Crippen LogP contribution in [0.25, 0.3) is 0 Å². The van der Waals surface area contributed by atoms with Crippen molar-refractivity contribution in [3.8, 4) is 11.5 Å². The summed E-state index contributed by atoms with van der Waals surface area (Å²) in [5.41, 5.74) is 6.22. The molecule has 0 radical (unpaired) electrons. The highest BCUT2D eigenvalue weighted by Crippen LogP contribution is 2.38. The number of ether oxygens (including phenoxy) is 2. The molecule has 452 valence electrons. The first-order chi connectivity index (χ1) is 39.1. The molecule has 6 heteroatoms. The SMILES string of the molecule is CCCCCCCCCCCCCCCCCCC(CCCCCCCCCCCCCCCCCC)(C(=O)OCc1cccc(C(C)(C)Cc2ccc(O)c(C)c2)c1)C(=O)OCc1cccc(C(C)(C)Cc2ccc(O)c(C)c2)c1. The maximum Gasteiger partial charge on any atom is 0.323 e. The molecule has 0 aliphatic carbocycles. The molecule has 6 nitrogen and oxygen atoms in total. The van der Waals surface area contributed by atoms with Gasteiger partial charge in [-0.1, -0.05) is 320 Å². The van der Waals surface area contributed by atoms with Crippen LogP contribution in [0.1, 0.15) is 304 Å². The van der Waals surface area contributed by atoms with Crippen molar-refractivity contribution < 1.29 is 29.3 Å². The largest absolute Gasteiger partial charge is 0.508 e. The fourth-order valence-electron chi connectivity index (χ4n) is 12.2. The number of aromatic hydroxyl groups is 2. The van der Waals surface area contributed by atoms with Gasteiger partial charge in [0.2, 0.25) is 0 Å². The number of carbonyl (C=O) groups is 2. The van der Waals surface area contributed by atoms with Crippen LogP contribution in [0.2, 0.25) is 0 Å². The van der Waals surface area contributed by atoms with E-state index in [2.05, 4.69) is 77.9 Å². The van der Waals surface area contributed by atoms with Crippen molar-refractivity contribution in [3.05, 3.63) is 129 Å². The monoisotopic (exact) mass is 1110 g/mol. The third-order valence-corrected chi connectivity index (χ3v) is 17.7. The number of esters is 2. The minimum Gasteiger partial charge on any atom is -0.508 e. The van der Waals surface area contributed by atoms with Gasteiger partial charge in [-0.05, 0) is 107 Å². The molecule has 4 aromatic carbocycles. The lowest BCUT2D eigenvalue weighted by atomic mass is 9.77. The van der Waals surface area contributed by atoms with Crippen molar-refractivity contribution >= 4 is 11.9 Å². The molecule has 0 saturated carbocycles. The van der Waals surface area contributed by atoms with E-state index in [1.807, 2.05) is 50.2 Å². The van der Waals surface area contributed by atoms with Crippen molar-refractivity contribution in [2.45, 2.75) is 311 Å². The van der Waals surface area contributed by atoms with E-state index >= 15 is 9.59 Å². The van der Waals surface area contributed by atoms with Crippen molar-refractivity contribution in [2.24, 2.45) is 5.41 Å². The Labute approximate surface area is 495 Å². The number of unbranched alkanes of at least 4 members (excludes halogenated alkanes) is 30. The van der Waals surface area contributed by atoms with Gasteiger partial charge in [-0.15, -0.1) is 0 Å². The third kappa shape index (κ3) is 26.7. The van der Waals surface area contributed by atoms with Gasteiger partial charge < -0.3 is 19.7 Å². The highest BCUT2D eigenvalue weighted by Gasteiger charge is 2.48. The van der Waals surface area contributed by atoms with Gasteiger partial charge in [0, 0.05) is 0 Å². The molecule has 2 N–H and O–H groups in total. The summed E-state index contributed by atoms with van der Waals surface area (Å²) in [6, 6.07) is 28.3. The second kappa shape index (κ2) is 39.1. The first-order valence-corrected chi connectivity index (χ1v) is 33.2. The molecular weight excluding hydrogens is 997 g/mol. The Hall–Kier alpha value is -4.58. The summed E-state index contributed by atoms with van der Waals surface area (Å²) in [5.74, 6) is -0.316. The third-order valence-electron chi connectivity index (χ3n) is 17.7. The van der Waals surface area contributed by atoms with E-state index in [9.17, 15) is 10.2 Å². The number of aryl methyl sites for hydroxylation is 2. The molecule has 0 fully saturated rings. The second-order valence-electron chi connectivity index (χ2n) is 26.1. The Kier molecular flexibility index (Phi) is 33.2. The number of hydrogen-bond donors (Lipinski definition) is 2. The molecule has 81 heavy (non-hydrogen) atoms. The van der Waals surface area contributed by atoms with E-state index in [-0.39, 0.29) is 24.0 Å². The minimum absolute atomic E-state index is 0.0751. The molecule has 0 unspecified atom stereocenters. The van der Waals surface area contributed by atoms with Gasteiger partial charge in [-0.2, -0.15) is 0 Å². The highest BCUT2D eigenvalue weighted by molar-refractivity contribution is 6.00. The molecule has 0 spiro atoms. The van der Waals surface area contributed by atoms with Crippen molar-refractivity contribution in [1.29, 1.82) is 0 Å². The van der Waals surface area contributed by atoms with Crippen molar-refractivity contribution in [2.75, 3.05) is 0 Å². The topological polar surface area (TPSA) is 93.1 Å². The summed E-state index contributed by atoms with van der Waals surface area (Å²) in [6.07, 6.45) is 42.7. The molecule has 0 atom stereocenters. The van der Waals surface area contributed by atoms with Gasteiger partial charge >= 0.3 is 11.9 Å². The van der Waals surface area contributed by atoms with Crippen LogP contribution in [0.3, 0.4) is 0 Å². The number of rotatable bonds is 46. The van der Waals surface area contributed by atoms with Crippen molar-refractivity contribution in [1.82, 2.24) is 0 Å². The van der Waals surface area contributed by atoms with Crippen LogP contribution in [0.5, 0.6) is 11.5 Å². The van der Waals surface area contributed by atoms with Crippen LogP contribution < -0.4 is 0 Å². The Bertz CT molecular complexity index is 2180. The van der Waals surface area contributed by atoms with E-state index < -0.39 is 17.4 Å². The van der Waals surface area contributed by atoms with E-state index in [4.69, 9.17) is 9.47 Å². The zero-order valence-electron chi connectivity index (χ0n) is 53.0. The molecule has 0 aliphatic heterocycles. The number of benzene rings is 4. The van der Waals surface area contributed by atoms with Crippen LogP contribution in [0.15, 0.2) is 84.9 Å². The predicted octanol–water partition coefficient (Wildman–Crippen LogP) is 21.8. The zero-order chi connectivity index (χ0) is 58.6. The summed E-state index contributed by atoms with van der Waals surface area (Å²) in [7, 11) is 0. The maximum absolute atomic E-state index is 15.1. The normalized spacial score (nSPS) is 12.0. The zero-order valence-corrected chi connectivity index (χ0v) is 53.0. The number of hydrogen-bond acceptors (Lipinski definition) is 6. The average Bonchev–Trinajstić information content (AvgIpc) is 3.59. The Morgan fingerprint density at radius 1 is 0.370 bits per heavy atom. The minimum atomic E-state index is -1.41. The maximum atomic E-state index is 15.1. The van der Waals surface area contributed by atoms with E-state index in [1.54, 1.807) is 12.1 Å². The lowest BCUT2D eigenvalue weighted by molar-refractivity contribution is -0.176. The second-order valence-corrected chi connectivity index (χ2v) is 26.1. The Morgan fingerprint density at radius 2 is 0.654 bits per heavy atom. The van der Waals surface area contributed by atoms with Crippen LogP contribution in [0, 0.1) is 19.3 Å². The van der Waals surface area contributed by atoms with Crippen LogP contribution >= 0.6 is 0 Å². The van der Waals surface area contributed by atoms with Gasteiger partial charge in [0.05, 0.1) is 0 Å². The average molecular weight is 1110 g/mol. The summed E-state index contributed by atoms with van der Waals surface area (Å²) in [5, 5.41) is 20.4. The summed E-state index contributed by atoms with van der Waals surface area (Å²) >= 11 is 0. The summed E-state index contributed by atoms with van der Waals surface area (Å²) in [4.78, 5) is 30.2. The molecule has 0 amide bonds. The molecule has 0 bridgehead atoms. The molecule has 0 aliphatic rings. The van der Waals surface area contributed by atoms with Crippen LogP contribution in [-0.2, 0) is 55.9 Å². The standard InChI is InChI=1S/C75H116O6/c1-9-11-13-15-17-19-21-23-25-27-29-31-33-35-37-39-51-75(52-40-38-36-34-32-30-28-26-24-22-20-18-16-14-12-10-2,71(78)80-59-65-43-41-45-67(55-65)73(5,6)57-63-47-49-69(76)61(3)53-63)72(79)81-60-66-44-42-46-68(56-66)74(7,8)58-64-48-50-70(77)62(4)54-64/h41-50,53-56,76-77H,9-40,51-52,57-60H2,1-8H3. The highest BCUT2D eigenvalue weighted by atomic mass is 16.6. The predicted molar refractivity (Wildman–Crippen MR) is 342 cm³/mol. The van der Waals surface area contributed by atoms with E-state index in [1.165, 1.54) is 167 Å². The number of carbonyl (C=O) groups excluding carboxylic acids is 2. The van der Waals surface area contributed by atoms with Gasteiger partial charge in [-0.25, -0.2) is 0 Å². The number of phenolic OH excluding ortho intramolecular Hbond substituents is 2. The van der Waals surface area contributed by atoms with Gasteiger partial charge in [0.1, 0.15) is 24.7 Å². The lowest BCUT2D eigenvalue weighted by Crippen LogP contribution is -2.42. The first-order valence-electron chi connectivity index (χ1n) is 33.2. The molecule has 0 heterocycles. The Morgan fingerprint density at radius 3 is 0.938 bits per heavy atom. The van der Waals surface area contributed by atoms with Crippen molar-refractivity contribution in [3.63, 3.8) is 0 Å². The summed E-state index contributed by atoms with van der Waals surface area (Å²) < 4.78 is 12.8. The van der Waals surface area contributed by atoms with Crippen LogP contribution in [0.4, 0.5) is 0 Å². The number of phenols is 2. The van der Waals surface area contributed by atoms with E-state index in [0.29, 0.717) is 24.3 Å². The smallest absolute Gasteiger partial charge is 0.323 e. The molecule has 4 rings (SSSR count). The lowest BCUT2D eigenvalue weighted by Gasteiger charge is -2.30. The van der Waals surface area contributed by atoms with Gasteiger partial charge in [-0.3, -0.25) is 9.59 Å². The quantitative estimate of drug-likeness (QED) is 0.0260. The molecule has 0 aromatic heterocycles. The fourth-order valence-corrected chi connectivity index (χ4v) is 12.2. The first kappa shape index (κ1) is 68.9. The Balaban J connectivity index is 1.47. The van der Waals surface area contributed by atoms with Gasteiger partial charge in [0.15, 0.2) is 5.41 Å². The molecule has 0 saturated heterocycles.